The van der Waals surface area contributed by atoms with Gasteiger partial charge in [-0.05, 0) is 36.2 Å². The average Bonchev–Trinajstić information content (AvgIpc) is 2.84. The zero-order chi connectivity index (χ0) is 13.9. The van der Waals surface area contributed by atoms with Gasteiger partial charge in [-0.2, -0.15) is 4.98 Å². The Kier molecular flexibility index (Phi) is 3.74. The lowest BCUT2D eigenvalue weighted by Crippen LogP contribution is -1.92. The van der Waals surface area contributed by atoms with Gasteiger partial charge in [0, 0.05) is 11.5 Å². The Bertz CT molecular complexity index is 736. The molecule has 1 aromatic carbocycles. The normalized spacial score (nSPS) is 10.9. The van der Waals surface area contributed by atoms with Gasteiger partial charge in [0.2, 0.25) is 5.88 Å². The third kappa shape index (κ3) is 2.43. The van der Waals surface area contributed by atoms with Crippen LogP contribution in [0, 0.1) is 0 Å². The second kappa shape index (κ2) is 5.67. The van der Waals surface area contributed by atoms with Crippen LogP contribution >= 0.6 is 15.9 Å². The second-order valence-corrected chi connectivity index (χ2v) is 5.09. The molecule has 0 N–H and O–H groups in total. The molecule has 0 radical (unpaired) electrons. The largest absolute Gasteiger partial charge is 0.437 e. The van der Waals surface area contributed by atoms with E-state index in [9.17, 15) is 0 Å². The van der Waals surface area contributed by atoms with E-state index in [-0.39, 0.29) is 0 Å². The number of alkyl halides is 1. The summed E-state index contributed by atoms with van der Waals surface area (Å²) in [6.45, 7) is 2.13. The summed E-state index contributed by atoms with van der Waals surface area (Å²) < 4.78 is 8.00. The van der Waals surface area contributed by atoms with Gasteiger partial charge in [-0.3, -0.25) is 4.40 Å². The summed E-state index contributed by atoms with van der Waals surface area (Å²) in [6, 6.07) is 14.1. The molecule has 0 aliphatic rings. The van der Waals surface area contributed by atoms with Crippen LogP contribution in [0.4, 0.5) is 0 Å². The maximum absolute atomic E-state index is 5.97. The molecule has 3 aromatic rings. The maximum Gasteiger partial charge on any atom is 0.242 e. The molecule has 0 amide bonds. The Balaban J connectivity index is 2.01. The minimum Gasteiger partial charge on any atom is -0.437 e. The minimum absolute atomic E-state index is 0.654. The van der Waals surface area contributed by atoms with Crippen LogP contribution in [0.1, 0.15) is 18.2 Å². The molecular formula is C16H15BrN2O. The number of halogens is 1. The Labute approximate surface area is 126 Å². The van der Waals surface area contributed by atoms with Crippen molar-refractivity contribution in [3.05, 3.63) is 59.9 Å². The molecule has 0 unspecified atom stereocenters. The van der Waals surface area contributed by atoms with E-state index in [1.807, 2.05) is 40.9 Å². The van der Waals surface area contributed by atoms with E-state index >= 15 is 0 Å². The van der Waals surface area contributed by atoms with Gasteiger partial charge in [-0.1, -0.05) is 41.1 Å². The van der Waals surface area contributed by atoms with Crippen LogP contribution in [0.25, 0.3) is 5.65 Å². The summed E-state index contributed by atoms with van der Waals surface area (Å²) in [5.41, 5.74) is 3.16. The molecule has 0 aliphatic carbocycles. The number of imidazole rings is 1. The molecule has 102 valence electrons. The van der Waals surface area contributed by atoms with Crippen molar-refractivity contribution >= 4 is 21.6 Å². The SMILES string of the molecule is CCc1cccc(Oc2nc3ccccn3c2CBr)c1. The summed E-state index contributed by atoms with van der Waals surface area (Å²) in [5.74, 6) is 1.48. The fourth-order valence-corrected chi connectivity index (χ4v) is 2.68. The number of benzene rings is 1. The monoisotopic (exact) mass is 330 g/mol. The van der Waals surface area contributed by atoms with Gasteiger partial charge >= 0.3 is 0 Å². The van der Waals surface area contributed by atoms with E-state index in [1.54, 1.807) is 0 Å². The van der Waals surface area contributed by atoms with Gasteiger partial charge in [-0.25, -0.2) is 0 Å². The smallest absolute Gasteiger partial charge is 0.242 e. The lowest BCUT2D eigenvalue weighted by Gasteiger charge is -2.06. The number of nitrogens with zero attached hydrogens (tertiary/aromatic N) is 2. The van der Waals surface area contributed by atoms with Crippen molar-refractivity contribution in [2.75, 3.05) is 0 Å². The number of rotatable bonds is 4. The van der Waals surface area contributed by atoms with Gasteiger partial charge < -0.3 is 4.74 Å². The first-order valence-corrected chi connectivity index (χ1v) is 7.72. The highest BCUT2D eigenvalue weighted by molar-refractivity contribution is 9.08. The van der Waals surface area contributed by atoms with Crippen molar-refractivity contribution in [3.63, 3.8) is 0 Å². The average molecular weight is 331 g/mol. The number of hydrogen-bond donors (Lipinski definition) is 0. The van der Waals surface area contributed by atoms with E-state index in [4.69, 9.17) is 4.74 Å². The van der Waals surface area contributed by atoms with Crippen LogP contribution in [0.15, 0.2) is 48.7 Å². The second-order valence-electron chi connectivity index (χ2n) is 4.53. The zero-order valence-corrected chi connectivity index (χ0v) is 12.8. The molecule has 0 saturated heterocycles. The molecule has 0 atom stereocenters. The molecule has 3 nitrogen and oxygen atoms in total. The number of pyridine rings is 1. The standard InChI is InChI=1S/C16H15BrN2O/c1-2-12-6-5-7-13(10-12)20-16-14(11-17)19-9-4-3-8-15(19)18-16/h3-10H,2,11H2,1H3. The van der Waals surface area contributed by atoms with Crippen molar-refractivity contribution in [1.82, 2.24) is 9.38 Å². The number of aryl methyl sites for hydroxylation is 1. The third-order valence-corrected chi connectivity index (χ3v) is 3.77. The van der Waals surface area contributed by atoms with Gasteiger partial charge in [0.25, 0.3) is 0 Å². The molecule has 2 heterocycles. The molecule has 3 rings (SSSR count). The summed E-state index contributed by atoms with van der Waals surface area (Å²) in [5, 5.41) is 0.695. The van der Waals surface area contributed by atoms with Crippen molar-refractivity contribution in [2.45, 2.75) is 18.7 Å². The van der Waals surface area contributed by atoms with Crippen LogP contribution in [-0.4, -0.2) is 9.38 Å². The predicted molar refractivity (Wildman–Crippen MR) is 83.7 cm³/mol. The van der Waals surface area contributed by atoms with E-state index in [0.717, 1.165) is 23.5 Å². The molecule has 0 aliphatic heterocycles. The van der Waals surface area contributed by atoms with Crippen molar-refractivity contribution in [2.24, 2.45) is 0 Å². The molecule has 0 fully saturated rings. The fourth-order valence-electron chi connectivity index (χ4n) is 2.17. The molecule has 20 heavy (non-hydrogen) atoms. The zero-order valence-electron chi connectivity index (χ0n) is 11.2. The summed E-state index contributed by atoms with van der Waals surface area (Å²) >= 11 is 3.51. The lowest BCUT2D eigenvalue weighted by atomic mass is 10.2. The van der Waals surface area contributed by atoms with Gasteiger partial charge in [0.05, 0.1) is 5.69 Å². The van der Waals surface area contributed by atoms with Gasteiger partial charge in [-0.15, -0.1) is 0 Å². The van der Waals surface area contributed by atoms with Gasteiger partial charge in [0.1, 0.15) is 11.4 Å². The molecule has 0 bridgehead atoms. The summed E-state index contributed by atoms with van der Waals surface area (Å²) in [7, 11) is 0. The Morgan fingerprint density at radius 3 is 2.90 bits per heavy atom. The van der Waals surface area contributed by atoms with E-state index in [2.05, 4.69) is 40.0 Å². The molecule has 0 saturated carbocycles. The van der Waals surface area contributed by atoms with Crippen LogP contribution in [-0.2, 0) is 11.8 Å². The van der Waals surface area contributed by atoms with Crippen molar-refractivity contribution < 1.29 is 4.74 Å². The minimum atomic E-state index is 0.654. The highest BCUT2D eigenvalue weighted by atomic mass is 79.9. The fraction of sp³-hybridized carbons (Fsp3) is 0.188. The first-order valence-electron chi connectivity index (χ1n) is 6.60. The molecule has 4 heteroatoms. The van der Waals surface area contributed by atoms with Crippen LogP contribution in [0.3, 0.4) is 0 Å². The first kappa shape index (κ1) is 13.2. The quantitative estimate of drug-likeness (QED) is 0.654. The molecule has 2 aromatic heterocycles. The van der Waals surface area contributed by atoms with Gasteiger partial charge in [0.15, 0.2) is 0 Å². The van der Waals surface area contributed by atoms with Crippen molar-refractivity contribution in [3.8, 4) is 11.6 Å². The Morgan fingerprint density at radius 2 is 2.10 bits per heavy atom. The Morgan fingerprint density at radius 1 is 1.20 bits per heavy atom. The van der Waals surface area contributed by atoms with E-state index < -0.39 is 0 Å². The summed E-state index contributed by atoms with van der Waals surface area (Å²) in [6.07, 6.45) is 2.99. The maximum atomic E-state index is 5.97. The highest BCUT2D eigenvalue weighted by Gasteiger charge is 2.12. The number of ether oxygens (including phenoxy) is 1. The topological polar surface area (TPSA) is 26.5 Å². The first-order chi connectivity index (χ1) is 9.81. The number of hydrogen-bond acceptors (Lipinski definition) is 2. The van der Waals surface area contributed by atoms with E-state index in [0.29, 0.717) is 11.2 Å². The Hall–Kier alpha value is -1.81. The van der Waals surface area contributed by atoms with E-state index in [1.165, 1.54) is 5.56 Å². The lowest BCUT2D eigenvalue weighted by molar-refractivity contribution is 0.461. The molecule has 0 spiro atoms. The number of fused-ring (bicyclic) bond motifs is 1. The van der Waals surface area contributed by atoms with Crippen molar-refractivity contribution in [1.29, 1.82) is 0 Å². The summed E-state index contributed by atoms with van der Waals surface area (Å²) in [4.78, 5) is 4.55. The van der Waals surface area contributed by atoms with Crippen LogP contribution in [0.2, 0.25) is 0 Å². The number of aromatic nitrogens is 2. The predicted octanol–water partition coefficient (Wildman–Crippen LogP) is 4.58. The van der Waals surface area contributed by atoms with Crippen LogP contribution < -0.4 is 4.74 Å². The highest BCUT2D eigenvalue weighted by Crippen LogP contribution is 2.28. The van der Waals surface area contributed by atoms with Crippen LogP contribution in [0.5, 0.6) is 11.6 Å². The molecular weight excluding hydrogens is 316 g/mol. The third-order valence-electron chi connectivity index (χ3n) is 3.24.